The number of nitrogens with zero attached hydrogens (tertiary/aromatic N) is 1. The van der Waals surface area contributed by atoms with Crippen molar-refractivity contribution < 1.29 is 19.1 Å². The molecule has 2 amide bonds. The Morgan fingerprint density at radius 2 is 2.10 bits per heavy atom. The summed E-state index contributed by atoms with van der Waals surface area (Å²) in [6.07, 6.45) is 0. The van der Waals surface area contributed by atoms with Gasteiger partial charge in [-0.25, -0.2) is 4.39 Å². The topological polar surface area (TPSA) is 83.6 Å². The lowest BCUT2D eigenvalue weighted by atomic mass is 10.1. The van der Waals surface area contributed by atoms with Gasteiger partial charge < -0.3 is 15.7 Å². The standard InChI is InChI=1S/C15H17FN2O3/c1-10(2)18(9-14(17)20)15(21)12-6-5-11(4-3-7-19)13(16)8-12/h5-6,8,10,19H,7,9H2,1-2H3,(H2,17,20). The first-order valence-electron chi connectivity index (χ1n) is 6.35. The van der Waals surface area contributed by atoms with E-state index >= 15 is 0 Å². The second-order valence-corrected chi connectivity index (χ2v) is 4.65. The number of hydrogen-bond donors (Lipinski definition) is 2. The van der Waals surface area contributed by atoms with Crippen LogP contribution in [0, 0.1) is 17.7 Å². The van der Waals surface area contributed by atoms with Crippen LogP contribution < -0.4 is 5.73 Å². The zero-order chi connectivity index (χ0) is 16.0. The Morgan fingerprint density at radius 1 is 1.43 bits per heavy atom. The number of rotatable bonds is 4. The van der Waals surface area contributed by atoms with Gasteiger partial charge in [-0.15, -0.1) is 0 Å². The van der Waals surface area contributed by atoms with Gasteiger partial charge in [0.15, 0.2) is 0 Å². The van der Waals surface area contributed by atoms with Crippen molar-refractivity contribution in [2.75, 3.05) is 13.2 Å². The normalized spacial score (nSPS) is 9.95. The van der Waals surface area contributed by atoms with Crippen LogP contribution >= 0.6 is 0 Å². The molecule has 0 atom stereocenters. The first-order chi connectivity index (χ1) is 9.86. The van der Waals surface area contributed by atoms with Crippen LogP contribution in [-0.2, 0) is 4.79 Å². The minimum Gasteiger partial charge on any atom is -0.384 e. The van der Waals surface area contributed by atoms with Crippen molar-refractivity contribution in [1.29, 1.82) is 0 Å². The first kappa shape index (κ1) is 16.7. The molecule has 0 spiro atoms. The van der Waals surface area contributed by atoms with Gasteiger partial charge in [-0.2, -0.15) is 0 Å². The zero-order valence-electron chi connectivity index (χ0n) is 11.9. The van der Waals surface area contributed by atoms with Crippen LogP contribution in [0.25, 0.3) is 0 Å². The molecule has 0 aliphatic rings. The van der Waals surface area contributed by atoms with Gasteiger partial charge >= 0.3 is 0 Å². The predicted octanol–water partition coefficient (Wildman–Crippen LogP) is 0.505. The average Bonchev–Trinajstić information content (AvgIpc) is 2.42. The van der Waals surface area contributed by atoms with E-state index in [-0.39, 0.29) is 30.3 Å². The third-order valence-corrected chi connectivity index (χ3v) is 2.73. The molecule has 1 aromatic carbocycles. The SMILES string of the molecule is CC(C)N(CC(N)=O)C(=O)c1ccc(C#CCO)c(F)c1. The highest BCUT2D eigenvalue weighted by Gasteiger charge is 2.21. The van der Waals surface area contributed by atoms with Crippen LogP contribution in [0.1, 0.15) is 29.8 Å². The lowest BCUT2D eigenvalue weighted by Crippen LogP contribution is -2.42. The van der Waals surface area contributed by atoms with Gasteiger partial charge in [-0.1, -0.05) is 11.8 Å². The Balaban J connectivity index is 3.06. The van der Waals surface area contributed by atoms with Crippen molar-refractivity contribution in [2.45, 2.75) is 19.9 Å². The van der Waals surface area contributed by atoms with E-state index in [1.807, 2.05) is 0 Å². The van der Waals surface area contributed by atoms with E-state index in [9.17, 15) is 14.0 Å². The van der Waals surface area contributed by atoms with Gasteiger partial charge in [0.2, 0.25) is 5.91 Å². The van der Waals surface area contributed by atoms with Gasteiger partial charge in [0, 0.05) is 11.6 Å². The van der Waals surface area contributed by atoms with E-state index in [0.717, 1.165) is 6.07 Å². The van der Waals surface area contributed by atoms with Gasteiger partial charge in [-0.3, -0.25) is 9.59 Å². The number of carbonyl (C=O) groups is 2. The second kappa shape index (κ2) is 7.41. The fourth-order valence-electron chi connectivity index (χ4n) is 1.71. The summed E-state index contributed by atoms with van der Waals surface area (Å²) in [7, 11) is 0. The summed E-state index contributed by atoms with van der Waals surface area (Å²) in [5.74, 6) is 2.99. The molecule has 112 valence electrons. The van der Waals surface area contributed by atoms with Crippen LogP contribution in [-0.4, -0.2) is 41.0 Å². The van der Waals surface area contributed by atoms with Crippen molar-refractivity contribution >= 4 is 11.8 Å². The molecule has 1 rings (SSSR count). The molecule has 6 heteroatoms. The summed E-state index contributed by atoms with van der Waals surface area (Å²) in [6, 6.07) is 3.58. The van der Waals surface area contributed by atoms with Gasteiger partial charge in [-0.05, 0) is 32.0 Å². The largest absolute Gasteiger partial charge is 0.384 e. The maximum Gasteiger partial charge on any atom is 0.254 e. The van der Waals surface area contributed by atoms with Gasteiger partial charge in [0.1, 0.15) is 12.4 Å². The molecule has 0 bridgehead atoms. The highest BCUT2D eigenvalue weighted by molar-refractivity contribution is 5.96. The van der Waals surface area contributed by atoms with Crippen molar-refractivity contribution in [2.24, 2.45) is 5.73 Å². The Kier molecular flexibility index (Phi) is 5.88. The molecule has 21 heavy (non-hydrogen) atoms. The molecular weight excluding hydrogens is 275 g/mol. The summed E-state index contributed by atoms with van der Waals surface area (Å²) in [6.45, 7) is 2.86. The molecule has 0 aliphatic heterocycles. The Hall–Kier alpha value is -2.39. The van der Waals surface area contributed by atoms with E-state index in [1.54, 1.807) is 13.8 Å². The molecule has 0 saturated heterocycles. The Morgan fingerprint density at radius 3 is 2.57 bits per heavy atom. The summed E-state index contributed by atoms with van der Waals surface area (Å²) in [4.78, 5) is 24.5. The number of aliphatic hydroxyl groups is 1. The first-order valence-corrected chi connectivity index (χ1v) is 6.35. The van der Waals surface area contributed by atoms with E-state index in [4.69, 9.17) is 10.8 Å². The maximum absolute atomic E-state index is 13.8. The molecule has 1 aromatic rings. The molecule has 0 aliphatic carbocycles. The van der Waals surface area contributed by atoms with E-state index in [2.05, 4.69) is 11.8 Å². The molecular formula is C15H17FN2O3. The van der Waals surface area contributed by atoms with Crippen LogP contribution in [0.3, 0.4) is 0 Å². The number of halogens is 1. The van der Waals surface area contributed by atoms with Crippen LogP contribution in [0.4, 0.5) is 4.39 Å². The highest BCUT2D eigenvalue weighted by Crippen LogP contribution is 2.13. The monoisotopic (exact) mass is 292 g/mol. The minimum atomic E-state index is -0.662. The predicted molar refractivity (Wildman–Crippen MR) is 75.7 cm³/mol. The van der Waals surface area contributed by atoms with Crippen molar-refractivity contribution in [3.63, 3.8) is 0 Å². The summed E-state index contributed by atoms with van der Waals surface area (Å²) in [5.41, 5.74) is 5.30. The molecule has 0 saturated carbocycles. The number of amides is 2. The second-order valence-electron chi connectivity index (χ2n) is 4.65. The maximum atomic E-state index is 13.8. The van der Waals surface area contributed by atoms with E-state index < -0.39 is 17.6 Å². The number of carbonyl (C=O) groups excluding carboxylic acids is 2. The zero-order valence-corrected chi connectivity index (χ0v) is 11.9. The fraction of sp³-hybridized carbons (Fsp3) is 0.333. The summed E-state index contributed by atoms with van der Waals surface area (Å²) < 4.78 is 13.8. The third kappa shape index (κ3) is 4.58. The molecule has 0 fully saturated rings. The number of primary amides is 1. The van der Waals surface area contributed by atoms with Crippen LogP contribution in [0.2, 0.25) is 0 Å². The van der Waals surface area contributed by atoms with E-state index in [0.29, 0.717) is 0 Å². The average molecular weight is 292 g/mol. The summed E-state index contributed by atoms with van der Waals surface area (Å²) >= 11 is 0. The minimum absolute atomic E-state index is 0.0894. The molecule has 0 unspecified atom stereocenters. The number of nitrogens with two attached hydrogens (primary N) is 1. The van der Waals surface area contributed by atoms with Crippen LogP contribution in [0.15, 0.2) is 18.2 Å². The molecule has 3 N–H and O–H groups in total. The molecule has 0 heterocycles. The smallest absolute Gasteiger partial charge is 0.254 e. The van der Waals surface area contributed by atoms with Crippen LogP contribution in [0.5, 0.6) is 0 Å². The number of benzene rings is 1. The van der Waals surface area contributed by atoms with Crippen molar-refractivity contribution in [1.82, 2.24) is 4.90 Å². The summed E-state index contributed by atoms with van der Waals surface area (Å²) in [5, 5.41) is 8.58. The molecule has 0 aromatic heterocycles. The van der Waals surface area contributed by atoms with E-state index in [1.165, 1.54) is 17.0 Å². The van der Waals surface area contributed by atoms with Gasteiger partial charge in [0.05, 0.1) is 12.1 Å². The third-order valence-electron chi connectivity index (χ3n) is 2.73. The Bertz CT molecular complexity index is 603. The van der Waals surface area contributed by atoms with Gasteiger partial charge in [0.25, 0.3) is 5.91 Å². The lowest BCUT2D eigenvalue weighted by Gasteiger charge is -2.25. The number of hydrogen-bond acceptors (Lipinski definition) is 3. The fourth-order valence-corrected chi connectivity index (χ4v) is 1.71. The highest BCUT2D eigenvalue weighted by atomic mass is 19.1. The Labute approximate surface area is 122 Å². The van der Waals surface area contributed by atoms with Crippen molar-refractivity contribution in [3.05, 3.63) is 35.1 Å². The quantitative estimate of drug-likeness (QED) is 0.793. The molecule has 0 radical (unpaired) electrons. The van der Waals surface area contributed by atoms with Crippen molar-refractivity contribution in [3.8, 4) is 11.8 Å². The number of aliphatic hydroxyl groups excluding tert-OH is 1. The lowest BCUT2D eigenvalue weighted by molar-refractivity contribution is -0.119. The molecule has 5 nitrogen and oxygen atoms in total.